The molecule has 1 aromatic carbocycles. The van der Waals surface area contributed by atoms with Gasteiger partial charge in [0.15, 0.2) is 0 Å². The molecule has 0 fully saturated rings. The Morgan fingerprint density at radius 3 is 2.71 bits per heavy atom. The van der Waals surface area contributed by atoms with E-state index in [9.17, 15) is 23.9 Å². The van der Waals surface area contributed by atoms with Gasteiger partial charge in [-0.2, -0.15) is 0 Å². The van der Waals surface area contributed by atoms with Crippen LogP contribution in [0.5, 0.6) is 0 Å². The summed E-state index contributed by atoms with van der Waals surface area (Å²) < 4.78 is 21.7. The van der Waals surface area contributed by atoms with Crippen LogP contribution in [0.3, 0.4) is 0 Å². The minimum absolute atomic E-state index is 0.0293. The standard InChI is InChI=1S/C22H14FN3O5/c23-14-9-15-18(20-12(14)4-7-31-20)17(13-2-1-5-25-21(13)28)19(22(29)30)26(15)10-11-3-6-24-16(27)8-11/h1-9H,10H2,(H,24,27)(H,25,28)(H,29,30). The van der Waals surface area contributed by atoms with Gasteiger partial charge in [-0.25, -0.2) is 9.18 Å². The predicted molar refractivity (Wildman–Crippen MR) is 111 cm³/mol. The summed E-state index contributed by atoms with van der Waals surface area (Å²) in [5, 5.41) is 10.6. The van der Waals surface area contributed by atoms with E-state index < -0.39 is 17.3 Å². The van der Waals surface area contributed by atoms with Crippen molar-refractivity contribution < 1.29 is 18.7 Å². The molecule has 8 nitrogen and oxygen atoms in total. The Kier molecular flexibility index (Phi) is 4.11. The lowest BCUT2D eigenvalue weighted by molar-refractivity contribution is 0.0687. The molecule has 0 aliphatic carbocycles. The molecule has 0 bridgehead atoms. The summed E-state index contributed by atoms with van der Waals surface area (Å²) >= 11 is 0. The Bertz CT molecular complexity index is 1610. The number of nitrogens with zero attached hydrogens (tertiary/aromatic N) is 1. The van der Waals surface area contributed by atoms with Gasteiger partial charge in [0, 0.05) is 30.6 Å². The molecule has 5 rings (SSSR count). The van der Waals surface area contributed by atoms with Crippen LogP contribution in [0.4, 0.5) is 4.39 Å². The smallest absolute Gasteiger partial charge is 0.353 e. The van der Waals surface area contributed by atoms with Crippen molar-refractivity contribution in [2.75, 3.05) is 0 Å². The van der Waals surface area contributed by atoms with Crippen molar-refractivity contribution in [3.05, 3.63) is 92.8 Å². The lowest BCUT2D eigenvalue weighted by Gasteiger charge is -2.09. The number of furan rings is 1. The molecule has 0 spiro atoms. The first kappa shape index (κ1) is 18.6. The SMILES string of the molecule is O=C(O)c1c(-c2ccc[nH]c2=O)c2c3occc3c(F)cc2n1Cc1cc[nH]c(=O)c1. The fourth-order valence-corrected chi connectivity index (χ4v) is 3.94. The molecule has 31 heavy (non-hydrogen) atoms. The largest absolute Gasteiger partial charge is 0.477 e. The van der Waals surface area contributed by atoms with E-state index in [1.165, 1.54) is 47.5 Å². The van der Waals surface area contributed by atoms with Crippen molar-refractivity contribution in [1.82, 2.24) is 14.5 Å². The van der Waals surface area contributed by atoms with E-state index in [1.807, 2.05) is 0 Å². The van der Waals surface area contributed by atoms with Crippen LogP contribution in [0.15, 0.2) is 69.1 Å². The Morgan fingerprint density at radius 2 is 1.97 bits per heavy atom. The second kappa shape index (κ2) is 6.84. The van der Waals surface area contributed by atoms with Crippen molar-refractivity contribution in [3.63, 3.8) is 0 Å². The van der Waals surface area contributed by atoms with Gasteiger partial charge in [-0.1, -0.05) is 0 Å². The van der Waals surface area contributed by atoms with Crippen LogP contribution in [-0.4, -0.2) is 25.6 Å². The monoisotopic (exact) mass is 419 g/mol. The molecule has 0 unspecified atom stereocenters. The fourth-order valence-electron chi connectivity index (χ4n) is 3.94. The van der Waals surface area contributed by atoms with E-state index in [-0.39, 0.29) is 45.4 Å². The maximum atomic E-state index is 14.8. The molecule has 154 valence electrons. The summed E-state index contributed by atoms with van der Waals surface area (Å²) in [6.07, 6.45) is 4.18. The highest BCUT2D eigenvalue weighted by atomic mass is 19.1. The maximum absolute atomic E-state index is 14.8. The van der Waals surface area contributed by atoms with E-state index in [0.717, 1.165) is 0 Å². The number of aromatic amines is 2. The fraction of sp³-hybridized carbons (Fsp3) is 0.0455. The predicted octanol–water partition coefficient (Wildman–Crippen LogP) is 3.32. The number of hydrogen-bond acceptors (Lipinski definition) is 4. The number of carboxylic acid groups (broad SMARTS) is 1. The lowest BCUT2D eigenvalue weighted by atomic mass is 10.0. The van der Waals surface area contributed by atoms with Crippen molar-refractivity contribution in [2.45, 2.75) is 6.54 Å². The quantitative estimate of drug-likeness (QED) is 0.413. The van der Waals surface area contributed by atoms with Crippen molar-refractivity contribution in [2.24, 2.45) is 0 Å². The van der Waals surface area contributed by atoms with Gasteiger partial charge in [-0.15, -0.1) is 0 Å². The van der Waals surface area contributed by atoms with Gasteiger partial charge < -0.3 is 24.1 Å². The minimum Gasteiger partial charge on any atom is -0.477 e. The Labute approximate surface area is 172 Å². The normalized spacial score (nSPS) is 11.4. The number of fused-ring (bicyclic) bond motifs is 3. The highest BCUT2D eigenvalue weighted by molar-refractivity contribution is 6.17. The molecule has 4 aromatic heterocycles. The van der Waals surface area contributed by atoms with Crippen molar-refractivity contribution >= 4 is 27.8 Å². The molecule has 0 aliphatic heterocycles. The molecule has 0 aliphatic rings. The van der Waals surface area contributed by atoms with E-state index in [2.05, 4.69) is 9.97 Å². The van der Waals surface area contributed by atoms with Crippen LogP contribution < -0.4 is 11.1 Å². The Balaban J connectivity index is 1.97. The van der Waals surface area contributed by atoms with E-state index in [4.69, 9.17) is 4.42 Å². The maximum Gasteiger partial charge on any atom is 0.353 e. The number of H-pyrrole nitrogens is 2. The first-order valence-electron chi connectivity index (χ1n) is 9.26. The number of carboxylic acids is 1. The van der Waals surface area contributed by atoms with Crippen molar-refractivity contribution in [3.8, 4) is 11.1 Å². The molecular weight excluding hydrogens is 405 g/mol. The number of nitrogens with one attached hydrogen (secondary N) is 2. The van der Waals surface area contributed by atoms with Gasteiger partial charge >= 0.3 is 5.97 Å². The molecule has 0 saturated heterocycles. The van der Waals surface area contributed by atoms with Crippen LogP contribution in [0, 0.1) is 5.82 Å². The molecule has 5 aromatic rings. The van der Waals surface area contributed by atoms with E-state index in [0.29, 0.717) is 10.9 Å². The average molecular weight is 419 g/mol. The van der Waals surface area contributed by atoms with E-state index >= 15 is 0 Å². The third-order valence-electron chi connectivity index (χ3n) is 5.19. The molecule has 0 amide bonds. The molecule has 0 saturated carbocycles. The summed E-state index contributed by atoms with van der Waals surface area (Å²) in [6.45, 7) is -0.0293. The first-order valence-corrected chi connectivity index (χ1v) is 9.26. The number of aromatic carboxylic acids is 1. The number of pyridine rings is 2. The van der Waals surface area contributed by atoms with Gasteiger partial charge in [0.25, 0.3) is 5.56 Å². The third kappa shape index (κ3) is 2.86. The third-order valence-corrected chi connectivity index (χ3v) is 5.19. The molecule has 9 heteroatoms. The van der Waals surface area contributed by atoms with Crippen LogP contribution in [0.1, 0.15) is 16.1 Å². The van der Waals surface area contributed by atoms with Crippen LogP contribution in [0.2, 0.25) is 0 Å². The zero-order valence-corrected chi connectivity index (χ0v) is 15.8. The highest BCUT2D eigenvalue weighted by Crippen LogP contribution is 2.40. The van der Waals surface area contributed by atoms with Gasteiger partial charge in [-0.05, 0) is 35.9 Å². The number of benzene rings is 1. The van der Waals surface area contributed by atoms with Gasteiger partial charge in [0.2, 0.25) is 5.56 Å². The van der Waals surface area contributed by atoms with Crippen LogP contribution >= 0.6 is 0 Å². The minimum atomic E-state index is -1.31. The second-order valence-corrected chi connectivity index (χ2v) is 7.00. The zero-order chi connectivity index (χ0) is 21.7. The Morgan fingerprint density at radius 1 is 1.13 bits per heavy atom. The van der Waals surface area contributed by atoms with Crippen molar-refractivity contribution in [1.29, 1.82) is 0 Å². The molecule has 0 atom stereocenters. The second-order valence-electron chi connectivity index (χ2n) is 7.00. The molecule has 3 N–H and O–H groups in total. The van der Waals surface area contributed by atoms with E-state index in [1.54, 1.807) is 12.1 Å². The first-order chi connectivity index (χ1) is 15.0. The lowest BCUT2D eigenvalue weighted by Crippen LogP contribution is -2.14. The Hall–Kier alpha value is -4.40. The van der Waals surface area contributed by atoms with Crippen LogP contribution in [-0.2, 0) is 6.54 Å². The topological polar surface area (TPSA) is 121 Å². The number of carbonyl (C=O) groups is 1. The summed E-state index contributed by atoms with van der Waals surface area (Å²) in [5.74, 6) is -1.90. The molecule has 0 radical (unpaired) electrons. The van der Waals surface area contributed by atoms with Gasteiger partial charge in [-0.3, -0.25) is 9.59 Å². The number of rotatable bonds is 4. The summed E-state index contributed by atoms with van der Waals surface area (Å²) in [6, 6.07) is 8.68. The zero-order valence-electron chi connectivity index (χ0n) is 15.8. The summed E-state index contributed by atoms with van der Waals surface area (Å²) in [5.41, 5.74) is 0.0469. The summed E-state index contributed by atoms with van der Waals surface area (Å²) in [4.78, 5) is 41.7. The highest BCUT2D eigenvalue weighted by Gasteiger charge is 2.28. The summed E-state index contributed by atoms with van der Waals surface area (Å²) in [7, 11) is 0. The van der Waals surface area contributed by atoms with Gasteiger partial charge in [0.1, 0.15) is 17.1 Å². The average Bonchev–Trinajstić information content (AvgIpc) is 3.32. The molecule has 4 heterocycles. The number of hydrogen-bond donors (Lipinski definition) is 3. The number of halogens is 1. The number of aromatic nitrogens is 3. The van der Waals surface area contributed by atoms with Crippen LogP contribution in [0.25, 0.3) is 33.0 Å². The molecular formula is C22H14FN3O5. The van der Waals surface area contributed by atoms with Gasteiger partial charge in [0.05, 0.1) is 28.1 Å².